The molecule has 3 atom stereocenters. The Morgan fingerprint density at radius 2 is 1.87 bits per heavy atom. The number of carbonyl (C=O) groups excluding carboxylic acids is 3. The Kier molecular flexibility index (Phi) is 10.7. The molecule has 1 saturated heterocycles. The van der Waals surface area contributed by atoms with Crippen molar-refractivity contribution in [1.82, 2.24) is 15.1 Å². The first kappa shape index (κ1) is 27.1. The van der Waals surface area contributed by atoms with E-state index in [0.29, 0.717) is 12.2 Å². The number of esters is 1. The molecule has 1 unspecified atom stereocenters. The summed E-state index contributed by atoms with van der Waals surface area (Å²) in [6.07, 6.45) is 6.30. The highest BCUT2D eigenvalue weighted by atomic mass is 16.5. The van der Waals surface area contributed by atoms with Gasteiger partial charge in [0.2, 0.25) is 11.8 Å². The maximum atomic E-state index is 13.5. The predicted octanol–water partition coefficient (Wildman–Crippen LogP) is 3.14. The maximum absolute atomic E-state index is 13.5. The Bertz CT molecular complexity index is 654. The quantitative estimate of drug-likeness (QED) is 0.443. The second-order valence-electron chi connectivity index (χ2n) is 9.68. The lowest BCUT2D eigenvalue weighted by Crippen LogP contribution is -2.59. The SMILES string of the molecule is CCC[C@@H](C=C(C)C(=O)OCC)N(C)C(=O)[C@@H](NC(=O)C1CCCCN1C)C(C)(C)C. The van der Waals surface area contributed by atoms with Crippen molar-refractivity contribution >= 4 is 17.8 Å². The lowest BCUT2D eigenvalue weighted by molar-refractivity contribution is -0.141. The number of nitrogens with one attached hydrogen (secondary N) is 1. The molecule has 2 amide bonds. The molecule has 0 radical (unpaired) electrons. The Morgan fingerprint density at radius 3 is 2.39 bits per heavy atom. The van der Waals surface area contributed by atoms with E-state index < -0.39 is 11.5 Å². The van der Waals surface area contributed by atoms with Gasteiger partial charge in [-0.15, -0.1) is 0 Å². The topological polar surface area (TPSA) is 79.0 Å². The van der Waals surface area contributed by atoms with Gasteiger partial charge in [0.1, 0.15) is 6.04 Å². The Labute approximate surface area is 188 Å². The Morgan fingerprint density at radius 1 is 1.23 bits per heavy atom. The molecule has 7 nitrogen and oxygen atoms in total. The summed E-state index contributed by atoms with van der Waals surface area (Å²) in [6.45, 7) is 12.6. The monoisotopic (exact) mass is 437 g/mol. The number of nitrogens with zero attached hydrogens (tertiary/aromatic N) is 2. The van der Waals surface area contributed by atoms with Gasteiger partial charge in [0.05, 0.1) is 18.7 Å². The zero-order chi connectivity index (χ0) is 23.8. The molecular weight excluding hydrogens is 394 g/mol. The Hall–Kier alpha value is -1.89. The van der Waals surface area contributed by atoms with Crippen molar-refractivity contribution in [3.63, 3.8) is 0 Å². The Balaban J connectivity index is 3.07. The number of carbonyl (C=O) groups is 3. The van der Waals surface area contributed by atoms with E-state index in [0.717, 1.165) is 38.6 Å². The van der Waals surface area contributed by atoms with Gasteiger partial charge >= 0.3 is 5.97 Å². The zero-order valence-corrected chi connectivity index (χ0v) is 20.8. The minimum Gasteiger partial charge on any atom is -0.463 e. The van der Waals surface area contributed by atoms with Crippen molar-refractivity contribution in [3.05, 3.63) is 11.6 Å². The molecule has 0 aromatic carbocycles. The molecule has 0 aromatic rings. The van der Waals surface area contributed by atoms with Crippen LogP contribution in [-0.4, -0.2) is 73.0 Å². The molecule has 0 bridgehead atoms. The van der Waals surface area contributed by atoms with Gasteiger partial charge in [0.15, 0.2) is 0 Å². The number of likely N-dealkylation sites (tertiary alicyclic amines) is 1. The van der Waals surface area contributed by atoms with Crippen LogP contribution in [0.3, 0.4) is 0 Å². The van der Waals surface area contributed by atoms with Crippen molar-refractivity contribution in [2.45, 2.75) is 91.8 Å². The third-order valence-electron chi connectivity index (χ3n) is 5.94. The van der Waals surface area contributed by atoms with E-state index >= 15 is 0 Å². The van der Waals surface area contributed by atoms with Crippen LogP contribution < -0.4 is 5.32 Å². The summed E-state index contributed by atoms with van der Waals surface area (Å²) in [4.78, 5) is 42.4. The number of ether oxygens (including phenoxy) is 1. The van der Waals surface area contributed by atoms with Crippen molar-refractivity contribution in [2.24, 2.45) is 5.41 Å². The predicted molar refractivity (Wildman–Crippen MR) is 124 cm³/mol. The average molecular weight is 438 g/mol. The highest BCUT2D eigenvalue weighted by Crippen LogP contribution is 2.24. The third-order valence-corrected chi connectivity index (χ3v) is 5.94. The number of amides is 2. The van der Waals surface area contributed by atoms with E-state index in [2.05, 4.69) is 10.2 Å². The third kappa shape index (κ3) is 7.95. The van der Waals surface area contributed by atoms with Crippen LogP contribution >= 0.6 is 0 Å². The molecule has 178 valence electrons. The van der Waals surface area contributed by atoms with Crippen molar-refractivity contribution in [1.29, 1.82) is 0 Å². The average Bonchev–Trinajstić information content (AvgIpc) is 2.70. The molecular formula is C24H43N3O4. The molecule has 31 heavy (non-hydrogen) atoms. The van der Waals surface area contributed by atoms with E-state index in [9.17, 15) is 14.4 Å². The summed E-state index contributed by atoms with van der Waals surface area (Å²) in [6, 6.07) is -1.11. The minimum atomic E-state index is -0.656. The van der Waals surface area contributed by atoms with Gasteiger partial charge in [0, 0.05) is 12.6 Å². The van der Waals surface area contributed by atoms with Gasteiger partial charge in [-0.25, -0.2) is 4.79 Å². The van der Waals surface area contributed by atoms with E-state index in [1.165, 1.54) is 0 Å². The highest BCUT2D eigenvalue weighted by Gasteiger charge is 2.38. The van der Waals surface area contributed by atoms with Crippen LogP contribution in [-0.2, 0) is 19.1 Å². The fourth-order valence-electron chi connectivity index (χ4n) is 3.95. The van der Waals surface area contributed by atoms with Gasteiger partial charge < -0.3 is 15.0 Å². The lowest BCUT2D eigenvalue weighted by Gasteiger charge is -2.38. The smallest absolute Gasteiger partial charge is 0.333 e. The fourth-order valence-corrected chi connectivity index (χ4v) is 3.95. The summed E-state index contributed by atoms with van der Waals surface area (Å²) >= 11 is 0. The summed E-state index contributed by atoms with van der Waals surface area (Å²) in [5.41, 5.74) is 0.0328. The number of hydrogen-bond donors (Lipinski definition) is 1. The first-order chi connectivity index (χ1) is 14.4. The molecule has 1 aliphatic rings. The van der Waals surface area contributed by atoms with Gasteiger partial charge in [-0.2, -0.15) is 0 Å². The highest BCUT2D eigenvalue weighted by molar-refractivity contribution is 5.91. The molecule has 0 aromatic heterocycles. The van der Waals surface area contributed by atoms with E-state index in [4.69, 9.17) is 4.74 Å². The minimum absolute atomic E-state index is 0.0887. The van der Waals surface area contributed by atoms with Crippen LogP contribution in [0.1, 0.15) is 73.6 Å². The van der Waals surface area contributed by atoms with Gasteiger partial charge in [-0.05, 0) is 52.1 Å². The lowest BCUT2D eigenvalue weighted by atomic mass is 9.85. The van der Waals surface area contributed by atoms with Crippen LogP contribution in [0.2, 0.25) is 0 Å². The summed E-state index contributed by atoms with van der Waals surface area (Å²) < 4.78 is 5.08. The van der Waals surface area contributed by atoms with Crippen LogP contribution in [0.5, 0.6) is 0 Å². The molecule has 0 aliphatic carbocycles. The molecule has 1 aliphatic heterocycles. The van der Waals surface area contributed by atoms with E-state index in [1.807, 2.05) is 34.7 Å². The van der Waals surface area contributed by atoms with Crippen LogP contribution in [0.4, 0.5) is 0 Å². The van der Waals surface area contributed by atoms with Gasteiger partial charge in [0.25, 0.3) is 0 Å². The summed E-state index contributed by atoms with van der Waals surface area (Å²) in [5, 5.41) is 3.05. The molecule has 7 heteroatoms. The second-order valence-corrected chi connectivity index (χ2v) is 9.68. The zero-order valence-electron chi connectivity index (χ0n) is 20.8. The van der Waals surface area contributed by atoms with E-state index in [1.54, 1.807) is 31.9 Å². The molecule has 1 fully saturated rings. The van der Waals surface area contributed by atoms with Crippen LogP contribution in [0.25, 0.3) is 0 Å². The van der Waals surface area contributed by atoms with Crippen molar-refractivity contribution < 1.29 is 19.1 Å². The summed E-state index contributed by atoms with van der Waals surface area (Å²) in [5.74, 6) is -0.606. The number of rotatable bonds is 9. The molecule has 1 heterocycles. The molecule has 0 spiro atoms. The second kappa shape index (κ2) is 12.2. The van der Waals surface area contributed by atoms with E-state index in [-0.39, 0.29) is 29.9 Å². The van der Waals surface area contributed by atoms with Crippen molar-refractivity contribution in [2.75, 3.05) is 27.2 Å². The fraction of sp³-hybridized carbons (Fsp3) is 0.792. The molecule has 1 N–H and O–H groups in total. The van der Waals surface area contributed by atoms with Gasteiger partial charge in [-0.1, -0.05) is 46.6 Å². The number of hydrogen-bond acceptors (Lipinski definition) is 5. The standard InChI is InChI=1S/C24H43N3O4/c1-9-13-18(16-17(3)23(30)31-10-2)27(8)22(29)20(24(4,5)6)25-21(28)19-14-11-12-15-26(19)7/h16,18-20H,9-15H2,1-8H3,(H,25,28)/t18-,19?,20+/m0/s1. The molecule has 0 saturated carbocycles. The van der Waals surface area contributed by atoms with Crippen molar-refractivity contribution in [3.8, 4) is 0 Å². The van der Waals surface area contributed by atoms with Crippen LogP contribution in [0, 0.1) is 5.41 Å². The normalized spacial score (nSPS) is 20.0. The first-order valence-electron chi connectivity index (χ1n) is 11.6. The van der Waals surface area contributed by atoms with Gasteiger partial charge in [-0.3, -0.25) is 14.5 Å². The number of piperidine rings is 1. The number of likely N-dealkylation sites (N-methyl/N-ethyl adjacent to an activating group) is 2. The molecule has 1 rings (SSSR count). The van der Waals surface area contributed by atoms with Crippen LogP contribution in [0.15, 0.2) is 11.6 Å². The first-order valence-corrected chi connectivity index (χ1v) is 11.6. The summed E-state index contributed by atoms with van der Waals surface area (Å²) in [7, 11) is 3.71. The maximum Gasteiger partial charge on any atom is 0.333 e. The largest absolute Gasteiger partial charge is 0.463 e.